The molecule has 3 aromatic rings. The van der Waals surface area contributed by atoms with Crippen molar-refractivity contribution in [3.8, 4) is 5.75 Å². The van der Waals surface area contributed by atoms with E-state index in [9.17, 15) is 18.0 Å². The quantitative estimate of drug-likeness (QED) is 0.500. The van der Waals surface area contributed by atoms with E-state index < -0.39 is 15.9 Å². The first kappa shape index (κ1) is 25.7. The summed E-state index contributed by atoms with van der Waals surface area (Å²) in [5.74, 6) is -0.0784. The number of amides is 2. The zero-order valence-electron chi connectivity index (χ0n) is 21.1. The molecule has 1 atom stereocenters. The van der Waals surface area contributed by atoms with Crippen LogP contribution < -0.4 is 19.9 Å². The topological polar surface area (TPSA) is 99.3 Å². The fourth-order valence-corrected chi connectivity index (χ4v) is 6.33. The number of carbonyl (C=O) groups excluding carboxylic acids is 2. The zero-order chi connectivity index (χ0) is 26.7. The van der Waals surface area contributed by atoms with Gasteiger partial charge in [-0.2, -0.15) is 4.31 Å². The maximum atomic E-state index is 13.3. The minimum Gasteiger partial charge on any atom is -0.495 e. The molecule has 2 fully saturated rings. The molecule has 0 radical (unpaired) electrons. The number of methoxy groups -OCH3 is 1. The largest absolute Gasteiger partial charge is 0.495 e. The minimum absolute atomic E-state index is 0.0939. The predicted octanol–water partition coefficient (Wildman–Crippen LogP) is 3.20. The zero-order valence-corrected chi connectivity index (χ0v) is 21.9. The molecule has 2 aliphatic heterocycles. The van der Waals surface area contributed by atoms with Gasteiger partial charge < -0.3 is 19.9 Å². The lowest BCUT2D eigenvalue weighted by Crippen LogP contribution is -2.48. The molecule has 38 heavy (non-hydrogen) atoms. The van der Waals surface area contributed by atoms with Crippen molar-refractivity contribution < 1.29 is 22.7 Å². The van der Waals surface area contributed by atoms with Crippen LogP contribution in [0.3, 0.4) is 0 Å². The van der Waals surface area contributed by atoms with E-state index in [-0.39, 0.29) is 23.1 Å². The van der Waals surface area contributed by atoms with Crippen LogP contribution >= 0.6 is 0 Å². The van der Waals surface area contributed by atoms with E-state index in [0.29, 0.717) is 38.4 Å². The highest BCUT2D eigenvalue weighted by Crippen LogP contribution is 2.30. The number of benzene rings is 3. The first-order chi connectivity index (χ1) is 18.4. The first-order valence-electron chi connectivity index (χ1n) is 12.5. The molecular formula is C28H30N4O5S. The second-order valence-electron chi connectivity index (χ2n) is 9.32. The Morgan fingerprint density at radius 3 is 2.24 bits per heavy atom. The van der Waals surface area contributed by atoms with Crippen molar-refractivity contribution in [3.63, 3.8) is 0 Å². The van der Waals surface area contributed by atoms with Crippen molar-refractivity contribution >= 4 is 38.9 Å². The van der Waals surface area contributed by atoms with Gasteiger partial charge in [-0.05, 0) is 48.5 Å². The third-order valence-corrected chi connectivity index (χ3v) is 8.90. The number of ether oxygens (including phenoxy) is 1. The summed E-state index contributed by atoms with van der Waals surface area (Å²) in [6, 6.07) is 23.2. The molecule has 0 spiro atoms. The van der Waals surface area contributed by atoms with Crippen LogP contribution in [0.4, 0.5) is 17.1 Å². The van der Waals surface area contributed by atoms with E-state index >= 15 is 0 Å². The van der Waals surface area contributed by atoms with Crippen LogP contribution in [0.25, 0.3) is 0 Å². The molecule has 198 valence electrons. The van der Waals surface area contributed by atoms with Gasteiger partial charge in [0.25, 0.3) is 0 Å². The highest BCUT2D eigenvalue weighted by molar-refractivity contribution is 7.89. The standard InChI is InChI=1S/C28H30N4O5S/c1-37-26-10-6-5-9-25(26)30-15-17-31(18-16-30)38(35,36)24-13-11-22(12-14-24)29-28(34)21-19-27(33)32(20-21)23-7-3-2-4-8-23/h2-14,21H,15-20H2,1H3,(H,29,34). The van der Waals surface area contributed by atoms with Gasteiger partial charge in [-0.15, -0.1) is 0 Å². The Morgan fingerprint density at radius 2 is 1.55 bits per heavy atom. The van der Waals surface area contributed by atoms with Gasteiger partial charge >= 0.3 is 0 Å². The predicted molar refractivity (Wildman–Crippen MR) is 146 cm³/mol. The molecule has 5 rings (SSSR count). The highest BCUT2D eigenvalue weighted by atomic mass is 32.2. The maximum Gasteiger partial charge on any atom is 0.243 e. The fraction of sp³-hybridized carbons (Fsp3) is 0.286. The summed E-state index contributed by atoms with van der Waals surface area (Å²) in [6.45, 7) is 2.11. The Hall–Kier alpha value is -3.89. The summed E-state index contributed by atoms with van der Waals surface area (Å²) in [4.78, 5) is 29.2. The van der Waals surface area contributed by atoms with Gasteiger partial charge in [-0.1, -0.05) is 30.3 Å². The summed E-state index contributed by atoms with van der Waals surface area (Å²) in [6.07, 6.45) is 0.133. The van der Waals surface area contributed by atoms with E-state index in [2.05, 4.69) is 10.2 Å². The van der Waals surface area contributed by atoms with Crippen LogP contribution in [-0.4, -0.2) is 64.4 Å². The SMILES string of the molecule is COc1ccccc1N1CCN(S(=O)(=O)c2ccc(NC(=O)C3CC(=O)N(c4ccccc4)C3)cc2)CC1. The van der Waals surface area contributed by atoms with E-state index in [0.717, 1.165) is 17.1 Å². The Bertz CT molecular complexity index is 1400. The molecule has 2 amide bonds. The van der Waals surface area contributed by atoms with Crippen molar-refractivity contribution in [2.75, 3.05) is 55.0 Å². The Labute approximate surface area is 222 Å². The maximum absolute atomic E-state index is 13.3. The number of piperazine rings is 1. The van der Waals surface area contributed by atoms with Gasteiger partial charge in [-0.3, -0.25) is 9.59 Å². The van der Waals surface area contributed by atoms with Gasteiger partial charge in [0.2, 0.25) is 21.8 Å². The van der Waals surface area contributed by atoms with Crippen molar-refractivity contribution in [1.82, 2.24) is 4.31 Å². The monoisotopic (exact) mass is 534 g/mol. The lowest BCUT2D eigenvalue weighted by atomic mass is 10.1. The number of rotatable bonds is 7. The molecule has 1 N–H and O–H groups in total. The second-order valence-corrected chi connectivity index (χ2v) is 11.3. The Morgan fingerprint density at radius 1 is 0.895 bits per heavy atom. The van der Waals surface area contributed by atoms with E-state index in [1.54, 1.807) is 24.1 Å². The fourth-order valence-electron chi connectivity index (χ4n) is 4.90. The smallest absolute Gasteiger partial charge is 0.243 e. The Balaban J connectivity index is 1.19. The molecule has 0 aliphatic carbocycles. The summed E-state index contributed by atoms with van der Waals surface area (Å²) in [5.41, 5.74) is 2.20. The van der Waals surface area contributed by atoms with E-state index in [1.165, 1.54) is 16.4 Å². The molecule has 9 nitrogen and oxygen atoms in total. The third kappa shape index (κ3) is 5.23. The molecule has 1 unspecified atom stereocenters. The van der Waals surface area contributed by atoms with Gasteiger partial charge in [0, 0.05) is 50.5 Å². The van der Waals surface area contributed by atoms with Crippen molar-refractivity contribution in [2.45, 2.75) is 11.3 Å². The molecule has 0 aromatic heterocycles. The van der Waals surface area contributed by atoms with Gasteiger partial charge in [0.1, 0.15) is 5.75 Å². The number of carbonyl (C=O) groups is 2. The molecule has 10 heteroatoms. The highest BCUT2D eigenvalue weighted by Gasteiger charge is 2.35. The van der Waals surface area contributed by atoms with E-state index in [4.69, 9.17) is 4.74 Å². The summed E-state index contributed by atoms with van der Waals surface area (Å²) < 4.78 is 33.4. The van der Waals surface area contributed by atoms with Crippen molar-refractivity contribution in [3.05, 3.63) is 78.9 Å². The molecule has 0 bridgehead atoms. The number of para-hydroxylation sites is 3. The Kier molecular flexibility index (Phi) is 7.35. The number of anilines is 3. The average Bonchev–Trinajstić information content (AvgIpc) is 3.35. The van der Waals surface area contributed by atoms with Crippen LogP contribution in [0, 0.1) is 5.92 Å². The third-order valence-electron chi connectivity index (χ3n) is 6.99. The number of hydrogen-bond donors (Lipinski definition) is 1. The van der Waals surface area contributed by atoms with Gasteiger partial charge in [0.05, 0.1) is 23.6 Å². The summed E-state index contributed by atoms with van der Waals surface area (Å²) in [5, 5.41) is 2.82. The average molecular weight is 535 g/mol. The summed E-state index contributed by atoms with van der Waals surface area (Å²) in [7, 11) is -2.05. The minimum atomic E-state index is -3.68. The van der Waals surface area contributed by atoms with E-state index in [1.807, 2.05) is 54.6 Å². The van der Waals surface area contributed by atoms with Gasteiger partial charge in [0.15, 0.2) is 0 Å². The first-order valence-corrected chi connectivity index (χ1v) is 14.0. The van der Waals surface area contributed by atoms with Gasteiger partial charge in [-0.25, -0.2) is 8.42 Å². The van der Waals surface area contributed by atoms with Crippen molar-refractivity contribution in [2.24, 2.45) is 5.92 Å². The number of nitrogens with one attached hydrogen (secondary N) is 1. The number of hydrogen-bond acceptors (Lipinski definition) is 6. The number of nitrogens with zero attached hydrogens (tertiary/aromatic N) is 3. The molecule has 2 aliphatic rings. The van der Waals surface area contributed by atoms with Crippen LogP contribution in [-0.2, 0) is 19.6 Å². The molecular weight excluding hydrogens is 504 g/mol. The molecule has 2 heterocycles. The second kappa shape index (κ2) is 10.8. The lowest BCUT2D eigenvalue weighted by molar-refractivity contribution is -0.122. The molecule has 0 saturated carbocycles. The van der Waals surface area contributed by atoms with Crippen LogP contribution in [0.15, 0.2) is 83.8 Å². The van der Waals surface area contributed by atoms with Crippen LogP contribution in [0.1, 0.15) is 6.42 Å². The molecule has 2 saturated heterocycles. The molecule has 3 aromatic carbocycles. The van der Waals surface area contributed by atoms with Crippen LogP contribution in [0.5, 0.6) is 5.75 Å². The van der Waals surface area contributed by atoms with Crippen molar-refractivity contribution in [1.29, 1.82) is 0 Å². The lowest BCUT2D eigenvalue weighted by Gasteiger charge is -2.35. The van der Waals surface area contributed by atoms with Crippen LogP contribution in [0.2, 0.25) is 0 Å². The normalized spacial score (nSPS) is 18.4. The number of sulfonamides is 1. The summed E-state index contributed by atoms with van der Waals surface area (Å²) >= 11 is 0.